The van der Waals surface area contributed by atoms with Crippen molar-refractivity contribution in [2.45, 2.75) is 33.0 Å². The van der Waals surface area contributed by atoms with Crippen molar-refractivity contribution in [1.82, 2.24) is 4.90 Å². The van der Waals surface area contributed by atoms with Crippen molar-refractivity contribution in [1.29, 1.82) is 0 Å². The lowest BCUT2D eigenvalue weighted by molar-refractivity contribution is -0.138. The zero-order valence-electron chi connectivity index (χ0n) is 12.7. The molecule has 3 rings (SSSR count). The van der Waals surface area contributed by atoms with Gasteiger partial charge in [-0.25, -0.2) is 0 Å². The van der Waals surface area contributed by atoms with Gasteiger partial charge in [-0.05, 0) is 31.9 Å². The number of hydrogen-bond donors (Lipinski definition) is 1. The van der Waals surface area contributed by atoms with Gasteiger partial charge in [-0.15, -0.1) is 0 Å². The van der Waals surface area contributed by atoms with Gasteiger partial charge in [-0.3, -0.25) is 4.79 Å². The number of fused-ring (bicyclic) bond motifs is 1. The first-order chi connectivity index (χ1) is 10.0. The molecule has 2 aliphatic rings. The molecular formula is C18H21NO2. The van der Waals surface area contributed by atoms with Gasteiger partial charge in [0.1, 0.15) is 6.23 Å². The second kappa shape index (κ2) is 5.15. The van der Waals surface area contributed by atoms with Gasteiger partial charge in [-0.1, -0.05) is 48.1 Å². The van der Waals surface area contributed by atoms with Gasteiger partial charge < -0.3 is 10.0 Å². The van der Waals surface area contributed by atoms with E-state index in [1.165, 1.54) is 0 Å². The average Bonchev–Trinajstić information content (AvgIpc) is 3.01. The van der Waals surface area contributed by atoms with E-state index in [0.717, 1.165) is 16.7 Å². The minimum absolute atomic E-state index is 0.0325. The largest absolute Gasteiger partial charge is 0.373 e. The molecule has 4 atom stereocenters. The highest BCUT2D eigenvalue weighted by molar-refractivity contribution is 5.87. The highest BCUT2D eigenvalue weighted by Gasteiger charge is 2.51. The molecule has 1 aliphatic carbocycles. The molecule has 1 fully saturated rings. The average molecular weight is 283 g/mol. The molecule has 110 valence electrons. The Morgan fingerprint density at radius 2 is 1.90 bits per heavy atom. The predicted octanol–water partition coefficient (Wildman–Crippen LogP) is 3.05. The minimum Gasteiger partial charge on any atom is -0.373 e. The summed E-state index contributed by atoms with van der Waals surface area (Å²) >= 11 is 0. The fourth-order valence-electron chi connectivity index (χ4n) is 3.47. The maximum absolute atomic E-state index is 12.8. The summed E-state index contributed by atoms with van der Waals surface area (Å²) in [5.41, 5.74) is 3.26. The number of aliphatic hydroxyl groups is 1. The molecule has 0 saturated carbocycles. The Hall–Kier alpha value is -1.87. The molecule has 21 heavy (non-hydrogen) atoms. The van der Waals surface area contributed by atoms with E-state index < -0.39 is 6.23 Å². The van der Waals surface area contributed by atoms with Crippen LogP contribution in [0.1, 0.15) is 32.4 Å². The number of hydrogen-bond acceptors (Lipinski definition) is 2. The predicted molar refractivity (Wildman–Crippen MR) is 82.2 cm³/mol. The van der Waals surface area contributed by atoms with Gasteiger partial charge in [0.05, 0.1) is 12.0 Å². The normalized spacial score (nSPS) is 29.0. The van der Waals surface area contributed by atoms with Crippen LogP contribution in [0.25, 0.3) is 0 Å². The highest BCUT2D eigenvalue weighted by Crippen LogP contribution is 2.45. The van der Waals surface area contributed by atoms with Crippen molar-refractivity contribution in [3.8, 4) is 0 Å². The molecule has 0 radical (unpaired) electrons. The number of aliphatic hydroxyl groups excluding tert-OH is 1. The maximum Gasteiger partial charge on any atom is 0.233 e. The zero-order valence-corrected chi connectivity index (χ0v) is 12.7. The number of rotatable bonds is 2. The lowest BCUT2D eigenvalue weighted by Crippen LogP contribution is -2.37. The third kappa shape index (κ3) is 2.12. The van der Waals surface area contributed by atoms with Gasteiger partial charge in [-0.2, -0.15) is 0 Å². The molecular weight excluding hydrogens is 262 g/mol. The van der Waals surface area contributed by atoms with Crippen molar-refractivity contribution in [2.75, 3.05) is 0 Å². The first-order valence-electron chi connectivity index (χ1n) is 7.43. The van der Waals surface area contributed by atoms with Crippen LogP contribution in [-0.2, 0) is 4.79 Å². The number of carbonyl (C=O) groups is 1. The Balaban J connectivity index is 1.94. The van der Waals surface area contributed by atoms with Gasteiger partial charge in [0.15, 0.2) is 0 Å². The topological polar surface area (TPSA) is 40.5 Å². The van der Waals surface area contributed by atoms with Crippen molar-refractivity contribution in [3.63, 3.8) is 0 Å². The van der Waals surface area contributed by atoms with E-state index in [0.29, 0.717) is 0 Å². The van der Waals surface area contributed by atoms with E-state index in [1.54, 1.807) is 4.90 Å². The van der Waals surface area contributed by atoms with Crippen LogP contribution >= 0.6 is 0 Å². The number of allylic oxidation sites excluding steroid dienone is 2. The third-order valence-electron chi connectivity index (χ3n) is 4.64. The van der Waals surface area contributed by atoms with Crippen LogP contribution in [0.2, 0.25) is 0 Å². The van der Waals surface area contributed by atoms with E-state index in [-0.39, 0.29) is 23.8 Å². The molecule has 0 aromatic heterocycles. The first-order valence-corrected chi connectivity index (χ1v) is 7.43. The molecule has 1 aromatic rings. The summed E-state index contributed by atoms with van der Waals surface area (Å²) in [5.74, 6) is -0.297. The fraction of sp³-hybridized carbons (Fsp3) is 0.389. The number of likely N-dealkylation sites (tertiary alicyclic amines) is 1. The summed E-state index contributed by atoms with van der Waals surface area (Å²) in [6, 6.07) is 9.75. The van der Waals surface area contributed by atoms with Crippen LogP contribution in [0.3, 0.4) is 0 Å². The smallest absolute Gasteiger partial charge is 0.233 e. The third-order valence-corrected chi connectivity index (χ3v) is 4.64. The van der Waals surface area contributed by atoms with Crippen molar-refractivity contribution < 1.29 is 9.90 Å². The van der Waals surface area contributed by atoms with Crippen molar-refractivity contribution in [3.05, 3.63) is 59.2 Å². The minimum atomic E-state index is -0.745. The number of nitrogens with zero attached hydrogens (tertiary/aromatic N) is 1. The van der Waals surface area contributed by atoms with Crippen LogP contribution in [0.4, 0.5) is 0 Å². The van der Waals surface area contributed by atoms with Crippen molar-refractivity contribution >= 4 is 5.91 Å². The zero-order chi connectivity index (χ0) is 15.1. The van der Waals surface area contributed by atoms with Crippen LogP contribution in [-0.4, -0.2) is 22.1 Å². The Kier molecular flexibility index (Phi) is 3.46. The summed E-state index contributed by atoms with van der Waals surface area (Å²) < 4.78 is 0. The molecule has 1 amide bonds. The Bertz CT molecular complexity index is 613. The summed E-state index contributed by atoms with van der Waals surface area (Å²) in [6.45, 7) is 6.01. The lowest BCUT2D eigenvalue weighted by atomic mass is 9.92. The van der Waals surface area contributed by atoms with E-state index >= 15 is 0 Å². The molecule has 1 saturated heterocycles. The van der Waals surface area contributed by atoms with E-state index in [1.807, 2.05) is 63.3 Å². The van der Waals surface area contributed by atoms with E-state index in [9.17, 15) is 9.90 Å². The van der Waals surface area contributed by atoms with E-state index in [2.05, 4.69) is 0 Å². The van der Waals surface area contributed by atoms with Crippen LogP contribution in [0.5, 0.6) is 0 Å². The first kappa shape index (κ1) is 14.1. The molecule has 0 spiro atoms. The lowest BCUT2D eigenvalue weighted by Gasteiger charge is -2.29. The van der Waals surface area contributed by atoms with Gasteiger partial charge >= 0.3 is 0 Å². The molecule has 0 bridgehead atoms. The summed E-state index contributed by atoms with van der Waals surface area (Å²) in [7, 11) is 0. The van der Waals surface area contributed by atoms with Gasteiger partial charge in [0.2, 0.25) is 5.91 Å². The van der Waals surface area contributed by atoms with Crippen molar-refractivity contribution in [2.24, 2.45) is 11.8 Å². The molecule has 1 aromatic carbocycles. The van der Waals surface area contributed by atoms with Gasteiger partial charge in [0.25, 0.3) is 0 Å². The Morgan fingerprint density at radius 1 is 1.24 bits per heavy atom. The Morgan fingerprint density at radius 3 is 2.52 bits per heavy atom. The van der Waals surface area contributed by atoms with Crippen LogP contribution < -0.4 is 0 Å². The molecule has 1 heterocycles. The molecule has 1 unspecified atom stereocenters. The molecule has 1 N–H and O–H groups in total. The SMILES string of the molecule is CC(C)=C1C=C[C@H]2C(O)N([C@H](C)c3ccccc3)C(=O)[C@@H]12. The number of benzene rings is 1. The Labute approximate surface area is 125 Å². The van der Waals surface area contributed by atoms with Crippen LogP contribution in [0.15, 0.2) is 53.6 Å². The fourth-order valence-corrected chi connectivity index (χ4v) is 3.47. The number of amides is 1. The monoisotopic (exact) mass is 283 g/mol. The molecule has 1 aliphatic heterocycles. The quantitative estimate of drug-likeness (QED) is 0.906. The summed E-state index contributed by atoms with van der Waals surface area (Å²) in [5, 5.41) is 10.6. The molecule has 3 heteroatoms. The standard InChI is InChI=1S/C18H21NO2/c1-11(2)14-9-10-15-16(14)18(21)19(17(15)20)12(3)13-7-5-4-6-8-13/h4-10,12,15-17,20H,1-3H3/t12-,15-,16+,17?/m1/s1. The molecule has 3 nitrogen and oxygen atoms in total. The van der Waals surface area contributed by atoms with E-state index in [4.69, 9.17) is 0 Å². The number of carbonyl (C=O) groups excluding carboxylic acids is 1. The second-order valence-corrected chi connectivity index (χ2v) is 6.12. The second-order valence-electron chi connectivity index (χ2n) is 6.12. The van der Waals surface area contributed by atoms with Crippen LogP contribution in [0, 0.1) is 11.8 Å². The summed E-state index contributed by atoms with van der Waals surface area (Å²) in [4.78, 5) is 14.5. The van der Waals surface area contributed by atoms with Gasteiger partial charge in [0, 0.05) is 5.92 Å². The highest BCUT2D eigenvalue weighted by atomic mass is 16.3. The summed E-state index contributed by atoms with van der Waals surface area (Å²) in [6.07, 6.45) is 3.23. The maximum atomic E-state index is 12.8.